The molecule has 2 aromatic rings. The number of rotatable bonds is 5. The summed E-state index contributed by atoms with van der Waals surface area (Å²) in [7, 11) is 0. The maximum absolute atomic E-state index is 11.8. The number of amides is 1. The minimum atomic E-state index is -0.111. The van der Waals surface area contributed by atoms with Gasteiger partial charge in [-0.3, -0.25) is 10.2 Å². The van der Waals surface area contributed by atoms with Crippen LogP contribution in [0.4, 0.5) is 0 Å². The molecule has 0 spiro atoms. The Labute approximate surface area is 113 Å². The molecule has 0 bridgehead atoms. The molecule has 1 amide bonds. The van der Waals surface area contributed by atoms with Crippen molar-refractivity contribution < 1.29 is 4.79 Å². The summed E-state index contributed by atoms with van der Waals surface area (Å²) in [4.78, 5) is 11.8. The second-order valence-corrected chi connectivity index (χ2v) is 4.56. The Bertz CT molecular complexity index is 511. The van der Waals surface area contributed by atoms with E-state index in [9.17, 15) is 4.79 Å². The molecule has 1 unspecified atom stereocenters. The lowest BCUT2D eigenvalue weighted by molar-refractivity contribution is 0.0926. The van der Waals surface area contributed by atoms with Crippen LogP contribution in [0.15, 0.2) is 60.7 Å². The van der Waals surface area contributed by atoms with Crippen molar-refractivity contribution in [2.45, 2.75) is 19.4 Å². The van der Waals surface area contributed by atoms with Crippen molar-refractivity contribution in [1.82, 2.24) is 10.9 Å². The zero-order chi connectivity index (χ0) is 13.5. The highest BCUT2D eigenvalue weighted by atomic mass is 16.2. The molecule has 0 aromatic heterocycles. The maximum atomic E-state index is 11.8. The Morgan fingerprint density at radius 1 is 1.00 bits per heavy atom. The third kappa shape index (κ3) is 4.23. The third-order valence-electron chi connectivity index (χ3n) is 2.85. The van der Waals surface area contributed by atoms with E-state index in [1.54, 1.807) is 12.1 Å². The SMILES string of the molecule is CC(Cc1ccccc1)NNC(=O)c1ccccc1. The lowest BCUT2D eigenvalue weighted by atomic mass is 10.1. The van der Waals surface area contributed by atoms with E-state index in [2.05, 4.69) is 23.0 Å². The highest BCUT2D eigenvalue weighted by molar-refractivity contribution is 5.93. The topological polar surface area (TPSA) is 41.1 Å². The molecular formula is C16H18N2O. The van der Waals surface area contributed by atoms with Gasteiger partial charge < -0.3 is 0 Å². The van der Waals surface area contributed by atoms with E-state index >= 15 is 0 Å². The van der Waals surface area contributed by atoms with Gasteiger partial charge in [-0.05, 0) is 31.0 Å². The van der Waals surface area contributed by atoms with Crippen molar-refractivity contribution in [3.63, 3.8) is 0 Å². The maximum Gasteiger partial charge on any atom is 0.265 e. The summed E-state index contributed by atoms with van der Waals surface area (Å²) in [6, 6.07) is 19.5. The van der Waals surface area contributed by atoms with Gasteiger partial charge >= 0.3 is 0 Å². The minimum absolute atomic E-state index is 0.111. The summed E-state index contributed by atoms with van der Waals surface area (Å²) in [6.45, 7) is 2.04. The van der Waals surface area contributed by atoms with Crippen LogP contribution in [0.1, 0.15) is 22.8 Å². The van der Waals surface area contributed by atoms with Crippen LogP contribution in [0, 0.1) is 0 Å². The van der Waals surface area contributed by atoms with Crippen LogP contribution in [0.2, 0.25) is 0 Å². The predicted octanol–water partition coefficient (Wildman–Crippen LogP) is 2.55. The molecule has 0 saturated heterocycles. The average molecular weight is 254 g/mol. The van der Waals surface area contributed by atoms with Gasteiger partial charge in [0.25, 0.3) is 5.91 Å². The zero-order valence-electron chi connectivity index (χ0n) is 11.0. The molecule has 2 aromatic carbocycles. The summed E-state index contributed by atoms with van der Waals surface area (Å²) >= 11 is 0. The van der Waals surface area contributed by atoms with Gasteiger partial charge in [0.1, 0.15) is 0 Å². The van der Waals surface area contributed by atoms with Gasteiger partial charge in [-0.15, -0.1) is 0 Å². The Kier molecular flexibility index (Phi) is 4.70. The molecule has 0 fully saturated rings. The highest BCUT2D eigenvalue weighted by Crippen LogP contribution is 2.02. The van der Waals surface area contributed by atoms with Crippen LogP contribution < -0.4 is 10.9 Å². The lowest BCUT2D eigenvalue weighted by Gasteiger charge is -2.14. The minimum Gasteiger partial charge on any atom is -0.287 e. The third-order valence-corrected chi connectivity index (χ3v) is 2.85. The molecule has 0 heterocycles. The highest BCUT2D eigenvalue weighted by Gasteiger charge is 2.06. The molecule has 3 heteroatoms. The lowest BCUT2D eigenvalue weighted by Crippen LogP contribution is -2.43. The van der Waals surface area contributed by atoms with Crippen molar-refractivity contribution in [3.05, 3.63) is 71.8 Å². The number of carbonyl (C=O) groups is 1. The van der Waals surface area contributed by atoms with E-state index in [0.717, 1.165) is 6.42 Å². The second kappa shape index (κ2) is 6.71. The summed E-state index contributed by atoms with van der Waals surface area (Å²) in [6.07, 6.45) is 0.871. The largest absolute Gasteiger partial charge is 0.287 e. The fourth-order valence-corrected chi connectivity index (χ4v) is 1.87. The number of hydrazine groups is 1. The fourth-order valence-electron chi connectivity index (χ4n) is 1.87. The van der Waals surface area contributed by atoms with Crippen molar-refractivity contribution in [2.24, 2.45) is 0 Å². The molecule has 2 rings (SSSR count). The molecule has 0 aliphatic rings. The molecule has 0 radical (unpaired) electrons. The fraction of sp³-hybridized carbons (Fsp3) is 0.188. The molecule has 2 N–H and O–H groups in total. The van der Waals surface area contributed by atoms with Crippen molar-refractivity contribution >= 4 is 5.91 Å². The number of benzene rings is 2. The number of hydrogen-bond donors (Lipinski definition) is 2. The van der Waals surface area contributed by atoms with Crippen LogP contribution in [0.5, 0.6) is 0 Å². The first-order valence-corrected chi connectivity index (χ1v) is 6.40. The molecule has 3 nitrogen and oxygen atoms in total. The standard InChI is InChI=1S/C16H18N2O/c1-13(12-14-8-4-2-5-9-14)17-18-16(19)15-10-6-3-7-11-15/h2-11,13,17H,12H2,1H3,(H,18,19). The van der Waals surface area contributed by atoms with Gasteiger partial charge in [0.15, 0.2) is 0 Å². The van der Waals surface area contributed by atoms with Gasteiger partial charge in [0.05, 0.1) is 0 Å². The first-order valence-electron chi connectivity index (χ1n) is 6.40. The van der Waals surface area contributed by atoms with Gasteiger partial charge in [-0.25, -0.2) is 5.43 Å². The van der Waals surface area contributed by atoms with Crippen LogP contribution in [0.3, 0.4) is 0 Å². The van der Waals surface area contributed by atoms with Crippen molar-refractivity contribution in [2.75, 3.05) is 0 Å². The first kappa shape index (κ1) is 13.3. The Hall–Kier alpha value is -2.13. The van der Waals surface area contributed by atoms with Gasteiger partial charge in [0.2, 0.25) is 0 Å². The summed E-state index contributed by atoms with van der Waals surface area (Å²) < 4.78 is 0. The normalized spacial score (nSPS) is 11.8. The summed E-state index contributed by atoms with van der Waals surface area (Å²) in [5, 5.41) is 0. The number of carbonyl (C=O) groups excluding carboxylic acids is 1. The quantitative estimate of drug-likeness (QED) is 0.805. The van der Waals surface area contributed by atoms with Gasteiger partial charge in [-0.2, -0.15) is 0 Å². The van der Waals surface area contributed by atoms with E-state index in [0.29, 0.717) is 5.56 Å². The smallest absolute Gasteiger partial charge is 0.265 e. The monoisotopic (exact) mass is 254 g/mol. The van der Waals surface area contributed by atoms with Gasteiger partial charge in [-0.1, -0.05) is 48.5 Å². The summed E-state index contributed by atoms with van der Waals surface area (Å²) in [5.74, 6) is -0.111. The number of hydrogen-bond acceptors (Lipinski definition) is 2. The van der Waals surface area contributed by atoms with Crippen LogP contribution in [-0.4, -0.2) is 11.9 Å². The van der Waals surface area contributed by atoms with Crippen molar-refractivity contribution in [3.8, 4) is 0 Å². The van der Waals surface area contributed by atoms with Crippen molar-refractivity contribution in [1.29, 1.82) is 0 Å². The Morgan fingerprint density at radius 2 is 1.58 bits per heavy atom. The van der Waals surface area contributed by atoms with E-state index in [1.165, 1.54) is 5.56 Å². The Morgan fingerprint density at radius 3 is 2.21 bits per heavy atom. The summed E-state index contributed by atoms with van der Waals surface area (Å²) in [5.41, 5.74) is 7.66. The van der Waals surface area contributed by atoms with Crippen LogP contribution >= 0.6 is 0 Å². The molecule has 0 aliphatic heterocycles. The second-order valence-electron chi connectivity index (χ2n) is 4.56. The molecule has 0 saturated carbocycles. The molecule has 98 valence electrons. The van der Waals surface area contributed by atoms with E-state index in [1.807, 2.05) is 43.3 Å². The number of nitrogens with one attached hydrogen (secondary N) is 2. The van der Waals surface area contributed by atoms with E-state index in [4.69, 9.17) is 0 Å². The van der Waals surface area contributed by atoms with Crippen LogP contribution in [0.25, 0.3) is 0 Å². The Balaban J connectivity index is 1.81. The van der Waals surface area contributed by atoms with E-state index in [-0.39, 0.29) is 11.9 Å². The first-order chi connectivity index (χ1) is 9.25. The predicted molar refractivity (Wildman–Crippen MR) is 76.7 cm³/mol. The van der Waals surface area contributed by atoms with Crippen LogP contribution in [-0.2, 0) is 6.42 Å². The zero-order valence-corrected chi connectivity index (χ0v) is 11.0. The van der Waals surface area contributed by atoms with Gasteiger partial charge in [0, 0.05) is 11.6 Å². The average Bonchev–Trinajstić information content (AvgIpc) is 2.47. The van der Waals surface area contributed by atoms with E-state index < -0.39 is 0 Å². The molecule has 1 atom stereocenters. The molecule has 19 heavy (non-hydrogen) atoms. The molecular weight excluding hydrogens is 236 g/mol. The molecule has 0 aliphatic carbocycles.